The predicted octanol–water partition coefficient (Wildman–Crippen LogP) is 6.19. The number of benzene rings is 1. The van der Waals surface area contributed by atoms with Crippen LogP contribution in [0.15, 0.2) is 24.4 Å². The number of rotatable bonds is 6. The molecule has 2 fully saturated rings. The number of aromatic nitrogens is 4. The van der Waals surface area contributed by atoms with E-state index in [1.54, 1.807) is 19.1 Å². The number of aliphatic hydroxyl groups is 1. The zero-order valence-corrected chi connectivity index (χ0v) is 21.2. The number of β-amino-alcohol motifs (C(OH)–C–C–N with tert-alkyl or cyclic N) is 1. The fourth-order valence-corrected chi connectivity index (χ4v) is 5.55. The van der Waals surface area contributed by atoms with Gasteiger partial charge in [0.2, 0.25) is 5.95 Å². The number of halogens is 4. The first-order valence-electron chi connectivity index (χ1n) is 12.8. The van der Waals surface area contributed by atoms with Crippen LogP contribution in [-0.4, -0.2) is 55.4 Å². The van der Waals surface area contributed by atoms with Gasteiger partial charge in [0, 0.05) is 37.1 Å². The molecule has 1 atom stereocenters. The molecule has 212 valence electrons. The number of hydrogen-bond donors (Lipinski definition) is 4. The van der Waals surface area contributed by atoms with Crippen molar-refractivity contribution < 1.29 is 22.7 Å². The molecular formula is C27H35F4N7O. The largest absolute Gasteiger partial charge is 0.421 e. The molecule has 0 amide bonds. The highest BCUT2D eigenvalue weighted by molar-refractivity contribution is 5.62. The normalized spacial score (nSPS) is 22.0. The van der Waals surface area contributed by atoms with Gasteiger partial charge in [-0.05, 0) is 75.1 Å². The van der Waals surface area contributed by atoms with Crippen molar-refractivity contribution in [2.75, 3.05) is 23.7 Å². The van der Waals surface area contributed by atoms with Gasteiger partial charge in [0.15, 0.2) is 5.82 Å². The van der Waals surface area contributed by atoms with E-state index >= 15 is 4.39 Å². The van der Waals surface area contributed by atoms with Gasteiger partial charge in [0.05, 0.1) is 11.8 Å². The van der Waals surface area contributed by atoms with Crippen molar-refractivity contribution >= 4 is 23.3 Å². The molecule has 1 aliphatic heterocycles. The van der Waals surface area contributed by atoms with E-state index in [0.717, 1.165) is 56.3 Å². The lowest BCUT2D eigenvalue weighted by atomic mass is 9.79. The summed E-state index contributed by atoms with van der Waals surface area (Å²) in [6.45, 7) is 5.28. The molecule has 2 aliphatic rings. The Morgan fingerprint density at radius 3 is 2.41 bits per heavy atom. The number of likely N-dealkylation sites (tertiary alicyclic amines) is 1. The van der Waals surface area contributed by atoms with E-state index in [-0.39, 0.29) is 36.9 Å². The van der Waals surface area contributed by atoms with Crippen molar-refractivity contribution in [1.29, 1.82) is 0 Å². The van der Waals surface area contributed by atoms with E-state index in [0.29, 0.717) is 17.9 Å². The molecule has 1 saturated heterocycles. The zero-order chi connectivity index (χ0) is 27.0. The number of nitrogens with zero attached hydrogens (tertiary/aromatic N) is 4. The highest BCUT2D eigenvalue weighted by atomic mass is 19.4. The fraction of sp³-hybridized carbons (Fsp3) is 0.519. The van der Waals surface area contributed by atoms with E-state index in [2.05, 4.69) is 35.7 Å². The average Bonchev–Trinajstić information content (AvgIpc) is 3.48. The summed E-state index contributed by atoms with van der Waals surface area (Å²) in [6, 6.07) is 5.16. The van der Waals surface area contributed by atoms with Gasteiger partial charge in [-0.25, -0.2) is 9.37 Å². The summed E-state index contributed by atoms with van der Waals surface area (Å²) in [5.74, 6) is -0.779. The molecule has 0 radical (unpaired) electrons. The molecule has 3 heterocycles. The van der Waals surface area contributed by atoms with Gasteiger partial charge in [0.1, 0.15) is 17.2 Å². The third-order valence-electron chi connectivity index (χ3n) is 7.50. The smallest absolute Gasteiger partial charge is 0.392 e. The Hall–Kier alpha value is -3.25. The van der Waals surface area contributed by atoms with Gasteiger partial charge < -0.3 is 15.7 Å². The predicted molar refractivity (Wildman–Crippen MR) is 142 cm³/mol. The van der Waals surface area contributed by atoms with Crippen LogP contribution in [0.4, 0.5) is 40.8 Å². The average molecular weight is 550 g/mol. The third-order valence-corrected chi connectivity index (χ3v) is 7.50. The van der Waals surface area contributed by atoms with Crippen molar-refractivity contribution in [3.8, 4) is 0 Å². The quantitative estimate of drug-likeness (QED) is 0.272. The van der Waals surface area contributed by atoms with Crippen molar-refractivity contribution in [3.05, 3.63) is 52.6 Å². The molecule has 3 aromatic rings. The van der Waals surface area contributed by atoms with Crippen LogP contribution < -0.4 is 10.6 Å². The summed E-state index contributed by atoms with van der Waals surface area (Å²) in [5, 5.41) is 21.7. The lowest BCUT2D eigenvalue weighted by Crippen LogP contribution is -2.36. The monoisotopic (exact) mass is 549 g/mol. The Labute approximate surface area is 225 Å². The Bertz CT molecular complexity index is 1290. The maximum Gasteiger partial charge on any atom is 0.421 e. The molecule has 39 heavy (non-hydrogen) atoms. The topological polar surface area (TPSA) is 102 Å². The molecule has 1 aliphatic carbocycles. The molecule has 5 rings (SSSR count). The van der Waals surface area contributed by atoms with Crippen LogP contribution in [0.2, 0.25) is 0 Å². The van der Waals surface area contributed by atoms with Crippen molar-refractivity contribution in [1.82, 2.24) is 25.1 Å². The molecule has 0 spiro atoms. The molecule has 0 bridgehead atoms. The van der Waals surface area contributed by atoms with Crippen molar-refractivity contribution in [3.63, 3.8) is 0 Å². The molecule has 4 N–H and O–H groups in total. The van der Waals surface area contributed by atoms with Gasteiger partial charge in [-0.2, -0.15) is 23.3 Å². The Morgan fingerprint density at radius 1 is 1.05 bits per heavy atom. The summed E-state index contributed by atoms with van der Waals surface area (Å²) in [4.78, 5) is 10.1. The van der Waals surface area contributed by atoms with Gasteiger partial charge in [0.25, 0.3) is 0 Å². The highest BCUT2D eigenvalue weighted by Gasteiger charge is 2.36. The number of anilines is 4. The number of nitrogens with one attached hydrogen (secondary N) is 3. The summed E-state index contributed by atoms with van der Waals surface area (Å²) >= 11 is 0. The molecule has 1 saturated carbocycles. The third kappa shape index (κ3) is 6.50. The number of hydrogen-bond acceptors (Lipinski definition) is 7. The van der Waals surface area contributed by atoms with Gasteiger partial charge in [-0.3, -0.25) is 10.00 Å². The van der Waals surface area contributed by atoms with E-state index in [1.165, 1.54) is 6.07 Å². The van der Waals surface area contributed by atoms with Crippen LogP contribution in [-0.2, 0) is 6.18 Å². The second kappa shape index (κ2) is 11.5. The van der Waals surface area contributed by atoms with E-state index in [1.807, 2.05) is 6.92 Å². The first kappa shape index (κ1) is 28.8. The van der Waals surface area contributed by atoms with Crippen molar-refractivity contribution in [2.45, 2.75) is 77.6 Å². The first-order chi connectivity index (χ1) is 18.1. The number of aryl methyl sites for hydroxylation is 2. The number of H-pyrrole nitrogens is 1. The second-order valence-corrected chi connectivity index (χ2v) is 10.3. The molecule has 2 aromatic heterocycles. The number of alkyl halides is 3. The van der Waals surface area contributed by atoms with Gasteiger partial charge in [-0.1, -0.05) is 7.43 Å². The second-order valence-electron chi connectivity index (χ2n) is 10.3. The Kier molecular flexibility index (Phi) is 8.45. The van der Waals surface area contributed by atoms with Gasteiger partial charge in [-0.15, -0.1) is 0 Å². The number of aliphatic hydroxyl groups excluding tert-OH is 1. The Morgan fingerprint density at radius 2 is 1.79 bits per heavy atom. The van der Waals surface area contributed by atoms with Crippen LogP contribution in [0.5, 0.6) is 0 Å². The molecule has 1 unspecified atom stereocenters. The standard InChI is InChI=1S/C26H31F4N7O.CH4/c1-14-9-22(21(27)11-19(14)16-3-5-17(6-4-16)37-8-7-18(38)13-37)32-25-31-12-20(26(28,29)30)24(34-25)33-23-10-15(2)35-36-23;/h9-12,16-18,38H,3-8,13H2,1-2H3,(H3,31,32,33,34,35,36);1H4. The van der Waals surface area contributed by atoms with E-state index in [4.69, 9.17) is 0 Å². The van der Waals surface area contributed by atoms with Crippen LogP contribution in [0, 0.1) is 19.7 Å². The van der Waals surface area contributed by atoms with Crippen LogP contribution >= 0.6 is 0 Å². The van der Waals surface area contributed by atoms with Crippen LogP contribution in [0.25, 0.3) is 0 Å². The summed E-state index contributed by atoms with van der Waals surface area (Å²) in [6.07, 6.45) is 0.437. The minimum Gasteiger partial charge on any atom is -0.392 e. The van der Waals surface area contributed by atoms with Crippen LogP contribution in [0.1, 0.15) is 67.8 Å². The maximum absolute atomic E-state index is 15.2. The van der Waals surface area contributed by atoms with E-state index in [9.17, 15) is 18.3 Å². The summed E-state index contributed by atoms with van der Waals surface area (Å²) < 4.78 is 55.8. The Balaban J connectivity index is 0.00000353. The molecular weight excluding hydrogens is 514 g/mol. The van der Waals surface area contributed by atoms with Crippen molar-refractivity contribution in [2.24, 2.45) is 0 Å². The summed E-state index contributed by atoms with van der Waals surface area (Å²) in [7, 11) is 0. The molecule has 8 nitrogen and oxygen atoms in total. The molecule has 1 aromatic carbocycles. The summed E-state index contributed by atoms with van der Waals surface area (Å²) in [5.41, 5.74) is 1.53. The van der Waals surface area contributed by atoms with Crippen LogP contribution in [0.3, 0.4) is 0 Å². The zero-order valence-electron chi connectivity index (χ0n) is 21.2. The molecule has 12 heteroatoms. The lowest BCUT2D eigenvalue weighted by Gasteiger charge is -2.35. The SMILES string of the molecule is C.Cc1cc(Nc2nc(Nc3cc(C)c(C4CCC(N5CCC(O)C5)CC4)cc3F)ncc2C(F)(F)F)n[nH]1. The first-order valence-corrected chi connectivity index (χ1v) is 12.8. The number of aromatic amines is 1. The lowest BCUT2D eigenvalue weighted by molar-refractivity contribution is -0.137. The fourth-order valence-electron chi connectivity index (χ4n) is 5.55. The minimum absolute atomic E-state index is 0. The highest BCUT2D eigenvalue weighted by Crippen LogP contribution is 2.39. The minimum atomic E-state index is -4.69. The van der Waals surface area contributed by atoms with Gasteiger partial charge >= 0.3 is 6.18 Å². The van der Waals surface area contributed by atoms with E-state index < -0.39 is 23.4 Å². The maximum atomic E-state index is 15.2.